The van der Waals surface area contributed by atoms with Crippen LogP contribution < -0.4 is 11.5 Å². The summed E-state index contributed by atoms with van der Waals surface area (Å²) in [6.45, 7) is 1.59. The van der Waals surface area contributed by atoms with Crippen molar-refractivity contribution in [3.8, 4) is 5.75 Å². The van der Waals surface area contributed by atoms with Crippen LogP contribution in [0, 0.1) is 0 Å². The molecule has 108 valence electrons. The zero-order valence-corrected chi connectivity index (χ0v) is 11.4. The molecule has 1 aliphatic carbocycles. The van der Waals surface area contributed by atoms with Gasteiger partial charge >= 0.3 is 0 Å². The quantitative estimate of drug-likeness (QED) is 0.664. The van der Waals surface area contributed by atoms with Crippen LogP contribution in [0.5, 0.6) is 5.75 Å². The Hall–Kier alpha value is -1.50. The molecule has 1 saturated heterocycles. The van der Waals surface area contributed by atoms with Crippen molar-refractivity contribution in [3.05, 3.63) is 24.0 Å². The molecule has 0 spiro atoms. The summed E-state index contributed by atoms with van der Waals surface area (Å²) in [5.74, 6) is -0.0174. The number of pyridine rings is 1. The molecule has 2 fully saturated rings. The number of aromatic nitrogens is 1. The average Bonchev–Trinajstić information content (AvgIpc) is 2.77. The van der Waals surface area contributed by atoms with Crippen molar-refractivity contribution < 1.29 is 9.90 Å². The molecule has 1 aromatic heterocycles. The molecule has 6 heteroatoms. The number of hydrogen-bond acceptors (Lipinski definition) is 6. The summed E-state index contributed by atoms with van der Waals surface area (Å²) < 4.78 is 0. The zero-order valence-electron chi connectivity index (χ0n) is 11.4. The van der Waals surface area contributed by atoms with Crippen LogP contribution in [0.2, 0.25) is 0 Å². The van der Waals surface area contributed by atoms with Gasteiger partial charge in [-0.05, 0) is 31.4 Å². The lowest BCUT2D eigenvalue weighted by molar-refractivity contribution is 0.0934. The van der Waals surface area contributed by atoms with E-state index in [1.165, 1.54) is 18.3 Å². The van der Waals surface area contributed by atoms with Gasteiger partial charge in [-0.15, -0.1) is 0 Å². The molecule has 20 heavy (non-hydrogen) atoms. The maximum atomic E-state index is 12.2. The molecule has 1 aliphatic heterocycles. The van der Waals surface area contributed by atoms with Crippen molar-refractivity contribution in [1.29, 1.82) is 0 Å². The maximum absolute atomic E-state index is 12.2. The topological polar surface area (TPSA) is 105 Å². The number of rotatable bonds is 3. The first-order valence-corrected chi connectivity index (χ1v) is 6.90. The summed E-state index contributed by atoms with van der Waals surface area (Å²) in [4.78, 5) is 18.1. The van der Waals surface area contributed by atoms with Gasteiger partial charge in [0.05, 0.1) is 12.7 Å². The summed E-state index contributed by atoms with van der Waals surface area (Å²) in [5.41, 5.74) is 12.4. The molecule has 0 radical (unpaired) electrons. The number of Topliss-reactive ketones (excluding diaryl/α,β-unsaturated/α-hetero) is 1. The highest BCUT2D eigenvalue weighted by Gasteiger charge is 2.56. The van der Waals surface area contributed by atoms with E-state index in [-0.39, 0.29) is 29.2 Å². The number of likely N-dealkylation sites (tertiary alicyclic amines) is 1. The Morgan fingerprint density at radius 1 is 1.30 bits per heavy atom. The summed E-state index contributed by atoms with van der Waals surface area (Å²) in [6.07, 6.45) is 4.19. The second-order valence-corrected chi connectivity index (χ2v) is 6.14. The summed E-state index contributed by atoms with van der Waals surface area (Å²) in [6, 6.07) is 3.00. The van der Waals surface area contributed by atoms with Gasteiger partial charge in [0.15, 0.2) is 5.78 Å². The fraction of sp³-hybridized carbons (Fsp3) is 0.571. The van der Waals surface area contributed by atoms with E-state index in [0.29, 0.717) is 18.8 Å². The molecule has 0 bridgehead atoms. The van der Waals surface area contributed by atoms with Gasteiger partial charge in [0.25, 0.3) is 0 Å². The average molecular weight is 276 g/mol. The first-order chi connectivity index (χ1) is 9.42. The number of carbonyl (C=O) groups excluding carboxylic acids is 1. The van der Waals surface area contributed by atoms with Gasteiger partial charge in [-0.1, -0.05) is 0 Å². The van der Waals surface area contributed by atoms with E-state index in [4.69, 9.17) is 11.5 Å². The second-order valence-electron chi connectivity index (χ2n) is 6.14. The lowest BCUT2D eigenvalue weighted by Gasteiger charge is -2.32. The smallest absolute Gasteiger partial charge is 0.195 e. The van der Waals surface area contributed by atoms with Crippen LogP contribution in [-0.2, 0) is 0 Å². The molecule has 5 N–H and O–H groups in total. The lowest BCUT2D eigenvalue weighted by atomic mass is 9.85. The minimum Gasteiger partial charge on any atom is -0.506 e. The summed E-state index contributed by atoms with van der Waals surface area (Å²) >= 11 is 0. The number of carbonyl (C=O) groups is 1. The van der Waals surface area contributed by atoms with Gasteiger partial charge in [0, 0.05) is 24.2 Å². The van der Waals surface area contributed by atoms with Gasteiger partial charge in [-0.25, -0.2) is 4.98 Å². The Balaban J connectivity index is 1.68. The van der Waals surface area contributed by atoms with Crippen molar-refractivity contribution >= 4 is 5.78 Å². The molecule has 3 rings (SSSR count). The monoisotopic (exact) mass is 276 g/mol. The highest BCUT2D eigenvalue weighted by molar-refractivity contribution is 5.95. The SMILES string of the molecule is N[C@@]12CCC[C@]1(N)CN(CC(=O)c1ccc(O)cn1)C2. The highest BCUT2D eigenvalue weighted by Crippen LogP contribution is 2.41. The van der Waals surface area contributed by atoms with Gasteiger partial charge in [-0.3, -0.25) is 9.69 Å². The molecule has 0 unspecified atom stereocenters. The first kappa shape index (κ1) is 13.5. The number of aromatic hydroxyl groups is 1. The zero-order chi connectivity index (χ0) is 14.4. The van der Waals surface area contributed by atoms with Crippen LogP contribution in [-0.4, -0.2) is 51.5 Å². The van der Waals surface area contributed by atoms with Crippen molar-refractivity contribution in [2.75, 3.05) is 19.6 Å². The van der Waals surface area contributed by atoms with Crippen molar-refractivity contribution in [2.24, 2.45) is 11.5 Å². The second kappa shape index (κ2) is 4.51. The van der Waals surface area contributed by atoms with E-state index >= 15 is 0 Å². The fourth-order valence-electron chi connectivity index (χ4n) is 3.49. The lowest BCUT2D eigenvalue weighted by Crippen LogP contribution is -2.61. The number of nitrogens with zero attached hydrogens (tertiary/aromatic N) is 2. The van der Waals surface area contributed by atoms with Gasteiger partial charge in [-0.2, -0.15) is 0 Å². The summed E-state index contributed by atoms with van der Waals surface area (Å²) in [5, 5.41) is 9.18. The first-order valence-electron chi connectivity index (χ1n) is 6.90. The largest absolute Gasteiger partial charge is 0.506 e. The van der Waals surface area contributed by atoms with Crippen molar-refractivity contribution in [3.63, 3.8) is 0 Å². The molecular weight excluding hydrogens is 256 g/mol. The van der Waals surface area contributed by atoms with Crippen LogP contribution in [0.4, 0.5) is 0 Å². The predicted molar refractivity (Wildman–Crippen MR) is 74.4 cm³/mol. The molecule has 0 amide bonds. The molecule has 1 aromatic rings. The van der Waals surface area contributed by atoms with E-state index < -0.39 is 0 Å². The minimum absolute atomic E-state index is 0.0547. The molecule has 6 nitrogen and oxygen atoms in total. The molecule has 1 saturated carbocycles. The predicted octanol–water partition coefficient (Wildman–Crippen LogP) is -0.136. The Morgan fingerprint density at radius 3 is 2.50 bits per heavy atom. The molecule has 0 aromatic carbocycles. The van der Waals surface area contributed by atoms with Gasteiger partial charge in [0.2, 0.25) is 0 Å². The van der Waals surface area contributed by atoms with Gasteiger partial charge in [0.1, 0.15) is 11.4 Å². The number of fused-ring (bicyclic) bond motifs is 1. The van der Waals surface area contributed by atoms with Crippen molar-refractivity contribution in [2.45, 2.75) is 30.3 Å². The van der Waals surface area contributed by atoms with Crippen LogP contribution >= 0.6 is 0 Å². The molecule has 2 atom stereocenters. The summed E-state index contributed by atoms with van der Waals surface area (Å²) in [7, 11) is 0. The number of nitrogens with two attached hydrogens (primary N) is 2. The minimum atomic E-state index is -0.365. The number of ketones is 1. The van der Waals surface area contributed by atoms with Crippen molar-refractivity contribution in [1.82, 2.24) is 9.88 Å². The standard InChI is InChI=1S/C14H20N4O2/c15-13-4-1-5-14(13,16)9-18(8-13)7-12(20)11-3-2-10(19)6-17-11/h2-3,6,19H,1,4-5,7-9,15-16H2/t13-,14+. The third-order valence-electron chi connectivity index (χ3n) is 4.65. The third-order valence-corrected chi connectivity index (χ3v) is 4.65. The Bertz CT molecular complexity index is 514. The van der Waals surface area contributed by atoms with Crippen LogP contribution in [0.1, 0.15) is 29.8 Å². The normalized spacial score (nSPS) is 33.3. The van der Waals surface area contributed by atoms with Crippen LogP contribution in [0.25, 0.3) is 0 Å². The Labute approximate surface area is 117 Å². The van der Waals surface area contributed by atoms with Crippen LogP contribution in [0.15, 0.2) is 18.3 Å². The maximum Gasteiger partial charge on any atom is 0.195 e. The molecular formula is C14H20N4O2. The Kier molecular flexibility index (Phi) is 3.04. The van der Waals surface area contributed by atoms with Gasteiger partial charge < -0.3 is 16.6 Å². The van der Waals surface area contributed by atoms with E-state index in [1.54, 1.807) is 0 Å². The third kappa shape index (κ3) is 2.09. The fourth-order valence-corrected chi connectivity index (χ4v) is 3.49. The van der Waals surface area contributed by atoms with E-state index in [2.05, 4.69) is 4.98 Å². The van der Waals surface area contributed by atoms with E-state index in [1.807, 2.05) is 4.90 Å². The van der Waals surface area contributed by atoms with E-state index in [9.17, 15) is 9.90 Å². The highest BCUT2D eigenvalue weighted by atomic mass is 16.3. The Morgan fingerprint density at radius 2 is 1.95 bits per heavy atom. The molecule has 2 aliphatic rings. The molecule has 2 heterocycles. The van der Waals surface area contributed by atoms with E-state index in [0.717, 1.165) is 19.3 Å². The van der Waals surface area contributed by atoms with Crippen LogP contribution in [0.3, 0.4) is 0 Å². The number of hydrogen-bond donors (Lipinski definition) is 3.